The third kappa shape index (κ3) is 5.20. The Hall–Kier alpha value is -3.27. The van der Waals surface area contributed by atoms with Crippen molar-refractivity contribution in [2.75, 3.05) is 5.32 Å². The van der Waals surface area contributed by atoms with Crippen LogP contribution in [0.5, 0.6) is 0 Å². The van der Waals surface area contributed by atoms with Crippen LogP contribution in [0.15, 0.2) is 42.7 Å². The second-order valence-electron chi connectivity index (χ2n) is 6.21. The average Bonchev–Trinajstić information content (AvgIpc) is 2.67. The first-order chi connectivity index (χ1) is 14.1. The van der Waals surface area contributed by atoms with Crippen LogP contribution in [0.25, 0.3) is 0 Å². The van der Waals surface area contributed by atoms with Gasteiger partial charge in [0.1, 0.15) is 0 Å². The number of carbonyl (C=O) groups excluding carboxylic acids is 1. The maximum absolute atomic E-state index is 13.5. The topological polar surface area (TPSA) is 79.8 Å². The summed E-state index contributed by atoms with van der Waals surface area (Å²) in [5.41, 5.74) is -0.683. The van der Waals surface area contributed by atoms with Gasteiger partial charge in [0, 0.05) is 29.6 Å². The van der Waals surface area contributed by atoms with E-state index in [0.29, 0.717) is 21.8 Å². The number of anilines is 2. The Balaban J connectivity index is 1.84. The molecular formula is C19H14ClF4N5O. The highest BCUT2D eigenvalue weighted by atomic mass is 35.5. The van der Waals surface area contributed by atoms with Crippen LogP contribution in [0.4, 0.5) is 29.2 Å². The highest BCUT2D eigenvalue weighted by Crippen LogP contribution is 2.31. The fraction of sp³-hybridized carbons (Fsp3) is 0.158. The summed E-state index contributed by atoms with van der Waals surface area (Å²) >= 11 is 5.87. The lowest BCUT2D eigenvalue weighted by molar-refractivity contribution is -0.141. The normalized spacial score (nSPS) is 11.3. The number of aromatic nitrogens is 3. The van der Waals surface area contributed by atoms with Crippen LogP contribution in [0.2, 0.25) is 5.02 Å². The molecule has 2 aromatic heterocycles. The third-order valence-corrected chi connectivity index (χ3v) is 4.22. The SMILES string of the molecule is Cc1cc(Cl)ccc1Nc1ncc(C(=O)NCc2ccnc(F)c2)c(C(F)(F)F)n1. The number of amides is 1. The van der Waals surface area contributed by atoms with Gasteiger partial charge in [0.05, 0.1) is 5.56 Å². The van der Waals surface area contributed by atoms with Crippen LogP contribution in [0, 0.1) is 12.9 Å². The molecule has 156 valence electrons. The van der Waals surface area contributed by atoms with E-state index < -0.39 is 29.3 Å². The first-order valence-electron chi connectivity index (χ1n) is 8.49. The Morgan fingerprint density at radius 3 is 2.60 bits per heavy atom. The minimum atomic E-state index is -4.90. The van der Waals surface area contributed by atoms with Crippen molar-refractivity contribution < 1.29 is 22.4 Å². The number of carbonyl (C=O) groups is 1. The molecule has 0 fully saturated rings. The van der Waals surface area contributed by atoms with Crippen molar-refractivity contribution in [1.82, 2.24) is 20.3 Å². The number of pyridine rings is 1. The smallest absolute Gasteiger partial charge is 0.348 e. The molecule has 0 unspecified atom stereocenters. The largest absolute Gasteiger partial charge is 0.434 e. The van der Waals surface area contributed by atoms with Crippen LogP contribution in [0.1, 0.15) is 27.2 Å². The van der Waals surface area contributed by atoms with Gasteiger partial charge in [0.15, 0.2) is 5.69 Å². The maximum atomic E-state index is 13.5. The lowest BCUT2D eigenvalue weighted by Gasteiger charge is -2.14. The molecule has 0 saturated carbocycles. The molecule has 0 aliphatic heterocycles. The van der Waals surface area contributed by atoms with E-state index in [1.807, 2.05) is 0 Å². The number of benzene rings is 1. The molecule has 0 bridgehead atoms. The van der Waals surface area contributed by atoms with Gasteiger partial charge in [-0.1, -0.05) is 11.6 Å². The Bertz CT molecular complexity index is 1090. The summed E-state index contributed by atoms with van der Waals surface area (Å²) < 4.78 is 53.6. The monoisotopic (exact) mass is 439 g/mol. The second kappa shape index (κ2) is 8.62. The van der Waals surface area contributed by atoms with Gasteiger partial charge in [-0.3, -0.25) is 4.79 Å². The highest BCUT2D eigenvalue weighted by Gasteiger charge is 2.38. The van der Waals surface area contributed by atoms with E-state index in [9.17, 15) is 22.4 Å². The number of nitrogens with one attached hydrogen (secondary N) is 2. The molecule has 11 heteroatoms. The lowest BCUT2D eigenvalue weighted by Crippen LogP contribution is -2.27. The summed E-state index contributed by atoms with van der Waals surface area (Å²) in [6, 6.07) is 7.24. The second-order valence-corrected chi connectivity index (χ2v) is 6.64. The van der Waals surface area contributed by atoms with Crippen molar-refractivity contribution in [2.24, 2.45) is 0 Å². The Kier molecular flexibility index (Phi) is 6.16. The van der Waals surface area contributed by atoms with Crippen molar-refractivity contribution >= 4 is 29.1 Å². The number of alkyl halides is 3. The molecule has 2 N–H and O–H groups in total. The predicted molar refractivity (Wildman–Crippen MR) is 102 cm³/mol. The Morgan fingerprint density at radius 2 is 1.93 bits per heavy atom. The van der Waals surface area contributed by atoms with Crippen LogP contribution in [-0.2, 0) is 12.7 Å². The molecule has 0 saturated heterocycles. The molecule has 0 aliphatic carbocycles. The average molecular weight is 440 g/mol. The van der Waals surface area contributed by atoms with Crippen molar-refractivity contribution in [2.45, 2.75) is 19.6 Å². The molecule has 0 atom stereocenters. The van der Waals surface area contributed by atoms with Gasteiger partial charge in [0.2, 0.25) is 11.9 Å². The van der Waals surface area contributed by atoms with Gasteiger partial charge in [-0.2, -0.15) is 17.6 Å². The van der Waals surface area contributed by atoms with Crippen molar-refractivity contribution in [3.05, 3.63) is 76.1 Å². The summed E-state index contributed by atoms with van der Waals surface area (Å²) in [6.07, 6.45) is -2.93. The van der Waals surface area contributed by atoms with E-state index >= 15 is 0 Å². The maximum Gasteiger partial charge on any atom is 0.434 e. The Labute approximate surface area is 173 Å². The molecule has 0 radical (unpaired) electrons. The summed E-state index contributed by atoms with van der Waals surface area (Å²) in [7, 11) is 0. The number of hydrogen-bond donors (Lipinski definition) is 2. The molecule has 0 aliphatic rings. The lowest BCUT2D eigenvalue weighted by atomic mass is 10.2. The first-order valence-corrected chi connectivity index (χ1v) is 8.87. The number of aryl methyl sites for hydroxylation is 1. The molecule has 1 aromatic carbocycles. The molecule has 2 heterocycles. The summed E-state index contributed by atoms with van der Waals surface area (Å²) in [5.74, 6) is -2.15. The fourth-order valence-electron chi connectivity index (χ4n) is 2.54. The Morgan fingerprint density at radius 1 is 1.17 bits per heavy atom. The van der Waals surface area contributed by atoms with Crippen LogP contribution >= 0.6 is 11.6 Å². The number of halogens is 5. The molecule has 1 amide bonds. The zero-order valence-electron chi connectivity index (χ0n) is 15.4. The van der Waals surface area contributed by atoms with Gasteiger partial charge in [0.25, 0.3) is 5.91 Å². The van der Waals surface area contributed by atoms with Crippen LogP contribution in [-0.4, -0.2) is 20.9 Å². The number of nitrogens with zero attached hydrogens (tertiary/aromatic N) is 3. The van der Waals surface area contributed by atoms with Gasteiger partial charge in [-0.05, 0) is 48.4 Å². The number of hydrogen-bond acceptors (Lipinski definition) is 5. The zero-order valence-corrected chi connectivity index (χ0v) is 16.1. The highest BCUT2D eigenvalue weighted by molar-refractivity contribution is 6.30. The minimum Gasteiger partial charge on any atom is -0.348 e. The predicted octanol–water partition coefficient (Wildman–Crippen LogP) is 4.66. The van der Waals surface area contributed by atoms with Gasteiger partial charge in [-0.15, -0.1) is 0 Å². The fourth-order valence-corrected chi connectivity index (χ4v) is 2.77. The summed E-state index contributed by atoms with van der Waals surface area (Å²) in [6.45, 7) is 1.52. The summed E-state index contributed by atoms with van der Waals surface area (Å²) in [4.78, 5) is 23.0. The van der Waals surface area contributed by atoms with Gasteiger partial charge >= 0.3 is 6.18 Å². The van der Waals surface area contributed by atoms with E-state index in [2.05, 4.69) is 25.6 Å². The number of rotatable bonds is 5. The zero-order chi connectivity index (χ0) is 21.9. The molecule has 6 nitrogen and oxygen atoms in total. The quantitative estimate of drug-likeness (QED) is 0.446. The van der Waals surface area contributed by atoms with Crippen molar-refractivity contribution in [3.8, 4) is 0 Å². The molecular weight excluding hydrogens is 426 g/mol. The third-order valence-electron chi connectivity index (χ3n) is 3.98. The first kappa shape index (κ1) is 21.4. The van der Waals surface area contributed by atoms with E-state index in [0.717, 1.165) is 12.3 Å². The van der Waals surface area contributed by atoms with E-state index in [1.165, 1.54) is 12.3 Å². The minimum absolute atomic E-state index is 0.195. The molecule has 30 heavy (non-hydrogen) atoms. The molecule has 3 aromatic rings. The van der Waals surface area contributed by atoms with Crippen LogP contribution < -0.4 is 10.6 Å². The van der Waals surface area contributed by atoms with Gasteiger partial charge in [-0.25, -0.2) is 15.0 Å². The molecule has 0 spiro atoms. The van der Waals surface area contributed by atoms with E-state index in [4.69, 9.17) is 11.6 Å². The van der Waals surface area contributed by atoms with E-state index in [1.54, 1.807) is 25.1 Å². The summed E-state index contributed by atoms with van der Waals surface area (Å²) in [5, 5.41) is 5.44. The van der Waals surface area contributed by atoms with Crippen molar-refractivity contribution in [3.63, 3.8) is 0 Å². The van der Waals surface area contributed by atoms with Crippen molar-refractivity contribution in [1.29, 1.82) is 0 Å². The van der Waals surface area contributed by atoms with E-state index in [-0.39, 0.29) is 12.5 Å². The van der Waals surface area contributed by atoms with Gasteiger partial charge < -0.3 is 10.6 Å². The standard InChI is InChI=1S/C19H14ClF4N5O/c1-10-6-12(20)2-3-14(10)28-18-27-9-13(16(29-18)19(22,23)24)17(30)26-8-11-4-5-25-15(21)7-11/h2-7,9H,8H2,1H3,(H,26,30)(H,27,28,29). The van der Waals surface area contributed by atoms with Crippen LogP contribution in [0.3, 0.4) is 0 Å². The molecule has 3 rings (SSSR count).